The van der Waals surface area contributed by atoms with Crippen molar-refractivity contribution in [1.29, 1.82) is 0 Å². The standard InChI is InChI=1S/C36H58Br2N2/c37-27-21-17-13-9-5-1-3-7-11-15-19-23-33-25-29-39-35(31-33)36-32-34(26-30-40-36)24-20-16-12-8-4-2-6-10-14-18-22-28-38/h25-26,29-32H,1-24,27-28H2. The van der Waals surface area contributed by atoms with Gasteiger partial charge in [-0.2, -0.15) is 0 Å². The smallest absolute Gasteiger partial charge is 0.0888 e. The second kappa shape index (κ2) is 25.9. The van der Waals surface area contributed by atoms with E-state index in [2.05, 4.69) is 66.1 Å². The minimum atomic E-state index is 1.03. The molecule has 0 amide bonds. The highest BCUT2D eigenvalue weighted by atomic mass is 79.9. The lowest BCUT2D eigenvalue weighted by atomic mass is 10.0. The first kappa shape index (κ1) is 35.5. The molecule has 0 radical (unpaired) electrons. The molecule has 0 aromatic carbocycles. The molecule has 0 N–H and O–H groups in total. The van der Waals surface area contributed by atoms with Gasteiger partial charge in [0.2, 0.25) is 0 Å². The third-order valence-corrected chi connectivity index (χ3v) is 9.23. The molecule has 0 aliphatic carbocycles. The average molecular weight is 679 g/mol. The van der Waals surface area contributed by atoms with Gasteiger partial charge in [0.15, 0.2) is 0 Å². The zero-order valence-electron chi connectivity index (χ0n) is 25.5. The third-order valence-electron chi connectivity index (χ3n) is 8.11. The first-order valence-corrected chi connectivity index (χ1v) is 19.1. The lowest BCUT2D eigenvalue weighted by molar-refractivity contribution is 0.550. The van der Waals surface area contributed by atoms with Crippen LogP contribution < -0.4 is 0 Å². The van der Waals surface area contributed by atoms with E-state index in [-0.39, 0.29) is 0 Å². The van der Waals surface area contributed by atoms with Crippen LogP contribution in [0.3, 0.4) is 0 Å². The molecule has 0 aliphatic rings. The summed E-state index contributed by atoms with van der Waals surface area (Å²) in [6, 6.07) is 8.91. The number of hydrogen-bond acceptors (Lipinski definition) is 2. The molecule has 0 unspecified atom stereocenters. The molecule has 2 nitrogen and oxygen atoms in total. The molecule has 2 aromatic heterocycles. The number of pyridine rings is 2. The first-order chi connectivity index (χ1) is 19.8. The summed E-state index contributed by atoms with van der Waals surface area (Å²) in [5.41, 5.74) is 4.87. The number of aryl methyl sites for hydroxylation is 2. The van der Waals surface area contributed by atoms with Gasteiger partial charge in [-0.15, -0.1) is 0 Å². The second-order valence-electron chi connectivity index (χ2n) is 11.8. The highest BCUT2D eigenvalue weighted by Gasteiger charge is 2.05. The number of aromatic nitrogens is 2. The van der Waals surface area contributed by atoms with Crippen LogP contribution in [0.5, 0.6) is 0 Å². The van der Waals surface area contributed by atoms with Crippen molar-refractivity contribution in [1.82, 2.24) is 9.97 Å². The molecule has 0 bridgehead atoms. The number of rotatable bonds is 27. The minimum absolute atomic E-state index is 1.03. The minimum Gasteiger partial charge on any atom is -0.255 e. The molecule has 0 fully saturated rings. The molecule has 0 spiro atoms. The van der Waals surface area contributed by atoms with Crippen molar-refractivity contribution in [2.75, 3.05) is 10.7 Å². The van der Waals surface area contributed by atoms with E-state index in [1.54, 1.807) is 0 Å². The Balaban J connectivity index is 1.55. The van der Waals surface area contributed by atoms with E-state index in [0.717, 1.165) is 34.9 Å². The second-order valence-corrected chi connectivity index (χ2v) is 13.3. The van der Waals surface area contributed by atoms with Crippen molar-refractivity contribution in [3.8, 4) is 11.4 Å². The van der Waals surface area contributed by atoms with Gasteiger partial charge in [-0.3, -0.25) is 9.97 Å². The van der Waals surface area contributed by atoms with E-state index >= 15 is 0 Å². The number of unbranched alkanes of at least 4 members (excludes halogenated alkanes) is 20. The molecule has 0 saturated heterocycles. The lowest BCUT2D eigenvalue weighted by Crippen LogP contribution is -1.94. The van der Waals surface area contributed by atoms with Crippen LogP contribution in [0, 0.1) is 0 Å². The predicted octanol–water partition coefficient (Wildman–Crippen LogP) is 12.6. The topological polar surface area (TPSA) is 25.8 Å². The summed E-state index contributed by atoms with van der Waals surface area (Å²) >= 11 is 7.04. The Hall–Kier alpha value is -0.740. The van der Waals surface area contributed by atoms with Gasteiger partial charge in [-0.1, -0.05) is 147 Å². The highest BCUT2D eigenvalue weighted by molar-refractivity contribution is 9.09. The molecule has 4 heteroatoms. The van der Waals surface area contributed by atoms with Gasteiger partial charge < -0.3 is 0 Å². The van der Waals surface area contributed by atoms with Crippen LogP contribution in [0.1, 0.15) is 152 Å². The predicted molar refractivity (Wildman–Crippen MR) is 184 cm³/mol. The quantitative estimate of drug-likeness (QED) is 0.0694. The molecule has 2 rings (SSSR count). The van der Waals surface area contributed by atoms with E-state index in [1.807, 2.05) is 12.4 Å². The Morgan fingerprint density at radius 2 is 0.650 bits per heavy atom. The Kier molecular flexibility index (Phi) is 23.0. The van der Waals surface area contributed by atoms with Crippen molar-refractivity contribution >= 4 is 31.9 Å². The summed E-state index contributed by atoms with van der Waals surface area (Å²) in [5, 5.41) is 2.33. The molecular formula is C36H58Br2N2. The normalized spacial score (nSPS) is 11.3. The van der Waals surface area contributed by atoms with Crippen LogP contribution in [-0.2, 0) is 12.8 Å². The molecule has 2 aromatic rings. The Labute approximate surface area is 264 Å². The van der Waals surface area contributed by atoms with Crippen LogP contribution in [0.2, 0.25) is 0 Å². The van der Waals surface area contributed by atoms with Crippen LogP contribution in [0.15, 0.2) is 36.7 Å². The van der Waals surface area contributed by atoms with Gasteiger partial charge in [0, 0.05) is 23.1 Å². The summed E-state index contributed by atoms with van der Waals surface area (Å²) in [5.74, 6) is 0. The summed E-state index contributed by atoms with van der Waals surface area (Å²) in [6.07, 6.45) is 36.7. The van der Waals surface area contributed by atoms with E-state index in [4.69, 9.17) is 0 Å². The van der Waals surface area contributed by atoms with Gasteiger partial charge in [-0.05, 0) is 73.9 Å². The van der Waals surface area contributed by atoms with Crippen molar-refractivity contribution in [3.63, 3.8) is 0 Å². The van der Waals surface area contributed by atoms with Crippen LogP contribution in [-0.4, -0.2) is 20.6 Å². The zero-order chi connectivity index (χ0) is 28.4. The maximum absolute atomic E-state index is 4.66. The van der Waals surface area contributed by atoms with Gasteiger partial charge in [0.05, 0.1) is 11.4 Å². The van der Waals surface area contributed by atoms with Crippen LogP contribution in [0.4, 0.5) is 0 Å². The van der Waals surface area contributed by atoms with Crippen LogP contribution >= 0.6 is 31.9 Å². The van der Waals surface area contributed by atoms with E-state index < -0.39 is 0 Å². The lowest BCUT2D eigenvalue weighted by Gasteiger charge is -2.07. The largest absolute Gasteiger partial charge is 0.255 e. The molecule has 0 saturated carbocycles. The van der Waals surface area contributed by atoms with E-state index in [9.17, 15) is 0 Å². The summed E-state index contributed by atoms with van der Waals surface area (Å²) in [7, 11) is 0. The third kappa shape index (κ3) is 18.6. The van der Waals surface area contributed by atoms with Gasteiger partial charge in [-0.25, -0.2) is 0 Å². The molecule has 40 heavy (non-hydrogen) atoms. The maximum atomic E-state index is 4.66. The molecule has 2 heterocycles. The molecule has 226 valence electrons. The van der Waals surface area contributed by atoms with Crippen molar-refractivity contribution in [2.45, 2.75) is 154 Å². The Morgan fingerprint density at radius 3 is 0.950 bits per heavy atom. The number of hydrogen-bond donors (Lipinski definition) is 0. The molecule has 0 atom stereocenters. The fourth-order valence-electron chi connectivity index (χ4n) is 5.57. The Bertz CT molecular complexity index is 772. The average Bonchev–Trinajstić information content (AvgIpc) is 2.98. The van der Waals surface area contributed by atoms with Crippen molar-refractivity contribution in [2.24, 2.45) is 0 Å². The summed E-state index contributed by atoms with van der Waals surface area (Å²) in [4.78, 5) is 9.32. The molecular weight excluding hydrogens is 620 g/mol. The van der Waals surface area contributed by atoms with Gasteiger partial charge in [0.25, 0.3) is 0 Å². The van der Waals surface area contributed by atoms with E-state index in [1.165, 1.54) is 152 Å². The van der Waals surface area contributed by atoms with Gasteiger partial charge >= 0.3 is 0 Å². The number of nitrogens with zero attached hydrogens (tertiary/aromatic N) is 2. The van der Waals surface area contributed by atoms with Crippen molar-refractivity contribution < 1.29 is 0 Å². The zero-order valence-corrected chi connectivity index (χ0v) is 28.7. The summed E-state index contributed by atoms with van der Waals surface area (Å²) < 4.78 is 0. The van der Waals surface area contributed by atoms with Crippen LogP contribution in [0.25, 0.3) is 11.4 Å². The fourth-order valence-corrected chi connectivity index (χ4v) is 6.36. The first-order valence-electron chi connectivity index (χ1n) is 16.9. The van der Waals surface area contributed by atoms with Gasteiger partial charge in [0.1, 0.15) is 0 Å². The monoisotopic (exact) mass is 676 g/mol. The summed E-state index contributed by atoms with van der Waals surface area (Å²) in [6.45, 7) is 0. The highest BCUT2D eigenvalue weighted by Crippen LogP contribution is 2.20. The van der Waals surface area contributed by atoms with Crippen molar-refractivity contribution in [3.05, 3.63) is 47.8 Å². The van der Waals surface area contributed by atoms with E-state index in [0.29, 0.717) is 0 Å². The number of halogens is 2. The number of alkyl halides is 2. The molecule has 0 aliphatic heterocycles. The fraction of sp³-hybridized carbons (Fsp3) is 0.722. The Morgan fingerprint density at radius 1 is 0.375 bits per heavy atom. The SMILES string of the molecule is BrCCCCCCCCCCCCCc1ccnc(-c2cc(CCCCCCCCCCCCCBr)ccn2)c1. The maximum Gasteiger partial charge on any atom is 0.0888 e.